The number of benzene rings is 1. The van der Waals surface area contributed by atoms with E-state index < -0.39 is 0 Å². The summed E-state index contributed by atoms with van der Waals surface area (Å²) in [6.45, 7) is 3.73. The van der Waals surface area contributed by atoms with E-state index in [2.05, 4.69) is 27.5 Å². The number of nitrogens with two attached hydrogens (primary N) is 1. The molecule has 3 rings (SSSR count). The number of hydrogen-bond acceptors (Lipinski definition) is 4. The van der Waals surface area contributed by atoms with Crippen LogP contribution in [0.5, 0.6) is 0 Å². The smallest absolute Gasteiger partial charge is 0.205 e. The molecule has 0 unspecified atom stereocenters. The summed E-state index contributed by atoms with van der Waals surface area (Å²) in [5, 5.41) is 0.845. The van der Waals surface area contributed by atoms with E-state index in [1.165, 1.54) is 11.3 Å². The summed E-state index contributed by atoms with van der Waals surface area (Å²) in [5.74, 6) is -0.0642. The van der Waals surface area contributed by atoms with E-state index in [4.69, 9.17) is 5.73 Å². The SMILES string of the molecule is C=CCCc1ccc2c(N)c(C(=O)c3ccc(Br)cc3)sc2n1. The van der Waals surface area contributed by atoms with Gasteiger partial charge in [-0.2, -0.15) is 0 Å². The summed E-state index contributed by atoms with van der Waals surface area (Å²) in [5.41, 5.74) is 8.31. The lowest BCUT2D eigenvalue weighted by Crippen LogP contribution is -2.01. The monoisotopic (exact) mass is 386 g/mol. The fourth-order valence-electron chi connectivity index (χ4n) is 2.33. The zero-order valence-electron chi connectivity index (χ0n) is 12.4. The first-order valence-corrected chi connectivity index (χ1v) is 8.80. The lowest BCUT2D eigenvalue weighted by atomic mass is 10.1. The Morgan fingerprint density at radius 1 is 1.26 bits per heavy atom. The zero-order chi connectivity index (χ0) is 16.4. The highest BCUT2D eigenvalue weighted by Gasteiger charge is 2.18. The summed E-state index contributed by atoms with van der Waals surface area (Å²) in [7, 11) is 0. The first-order chi connectivity index (χ1) is 11.1. The van der Waals surface area contributed by atoms with Crippen molar-refractivity contribution in [3.8, 4) is 0 Å². The number of nitrogens with zero attached hydrogens (tertiary/aromatic N) is 1. The Balaban J connectivity index is 2.00. The van der Waals surface area contributed by atoms with Crippen molar-refractivity contribution in [3.63, 3.8) is 0 Å². The molecule has 2 heterocycles. The quantitative estimate of drug-likeness (QED) is 0.496. The van der Waals surface area contributed by atoms with E-state index in [0.717, 1.165) is 33.2 Å². The summed E-state index contributed by atoms with van der Waals surface area (Å²) < 4.78 is 0.937. The Labute approximate surface area is 147 Å². The summed E-state index contributed by atoms with van der Waals surface area (Å²) >= 11 is 4.73. The van der Waals surface area contributed by atoms with Gasteiger partial charge in [0.25, 0.3) is 0 Å². The van der Waals surface area contributed by atoms with Gasteiger partial charge in [-0.3, -0.25) is 4.79 Å². The molecule has 116 valence electrons. The summed E-state index contributed by atoms with van der Waals surface area (Å²) in [6.07, 6.45) is 3.59. The number of carbonyl (C=O) groups excluding carboxylic acids is 1. The minimum absolute atomic E-state index is 0.0642. The number of aryl methyl sites for hydroxylation is 1. The fraction of sp³-hybridized carbons (Fsp3) is 0.111. The van der Waals surface area contributed by atoms with Crippen LogP contribution in [0.25, 0.3) is 10.2 Å². The molecule has 23 heavy (non-hydrogen) atoms. The van der Waals surface area contributed by atoms with Crippen LogP contribution in [-0.4, -0.2) is 10.8 Å². The summed E-state index contributed by atoms with van der Waals surface area (Å²) in [4.78, 5) is 18.7. The number of anilines is 1. The highest BCUT2D eigenvalue weighted by Crippen LogP contribution is 2.34. The van der Waals surface area contributed by atoms with Crippen molar-refractivity contribution in [2.45, 2.75) is 12.8 Å². The average Bonchev–Trinajstić information content (AvgIpc) is 2.89. The van der Waals surface area contributed by atoms with Crippen LogP contribution in [0.3, 0.4) is 0 Å². The van der Waals surface area contributed by atoms with Gasteiger partial charge in [0.1, 0.15) is 9.71 Å². The summed E-state index contributed by atoms with van der Waals surface area (Å²) in [6, 6.07) is 11.2. The van der Waals surface area contributed by atoms with Crippen LogP contribution >= 0.6 is 27.3 Å². The van der Waals surface area contributed by atoms with Gasteiger partial charge in [-0.1, -0.05) is 22.0 Å². The maximum absolute atomic E-state index is 12.7. The van der Waals surface area contributed by atoms with Gasteiger partial charge in [0.15, 0.2) is 0 Å². The predicted molar refractivity (Wildman–Crippen MR) is 100 cm³/mol. The molecule has 3 aromatic rings. The van der Waals surface area contributed by atoms with Gasteiger partial charge in [0, 0.05) is 21.1 Å². The normalized spacial score (nSPS) is 10.8. The predicted octanol–water partition coefficient (Wildman–Crippen LogP) is 4.99. The first kappa shape index (κ1) is 15.9. The van der Waals surface area contributed by atoms with Crippen LogP contribution in [0, 0.1) is 0 Å². The number of allylic oxidation sites excluding steroid dienone is 1. The van der Waals surface area contributed by atoms with Gasteiger partial charge >= 0.3 is 0 Å². The molecule has 0 radical (unpaired) electrons. The van der Waals surface area contributed by atoms with Gasteiger partial charge in [0.05, 0.1) is 5.69 Å². The van der Waals surface area contributed by atoms with Crippen LogP contribution < -0.4 is 5.73 Å². The van der Waals surface area contributed by atoms with Crippen LogP contribution in [0.2, 0.25) is 0 Å². The Morgan fingerprint density at radius 3 is 2.70 bits per heavy atom. The maximum Gasteiger partial charge on any atom is 0.205 e. The minimum Gasteiger partial charge on any atom is -0.397 e. The van der Waals surface area contributed by atoms with Crippen molar-refractivity contribution in [3.05, 3.63) is 69.7 Å². The van der Waals surface area contributed by atoms with Gasteiger partial charge in [-0.15, -0.1) is 17.9 Å². The Bertz CT molecular complexity index is 884. The number of rotatable bonds is 5. The highest BCUT2D eigenvalue weighted by atomic mass is 79.9. The number of nitrogen functional groups attached to an aromatic ring is 1. The number of thiophene rings is 1. The molecule has 2 aromatic heterocycles. The number of hydrogen-bond donors (Lipinski definition) is 1. The molecule has 5 heteroatoms. The maximum atomic E-state index is 12.7. The third-order valence-corrected chi connectivity index (χ3v) is 5.21. The molecule has 0 aliphatic carbocycles. The van der Waals surface area contributed by atoms with Crippen LogP contribution in [-0.2, 0) is 6.42 Å². The van der Waals surface area contributed by atoms with E-state index in [9.17, 15) is 4.79 Å². The molecule has 1 aromatic carbocycles. The molecule has 0 atom stereocenters. The third kappa shape index (κ3) is 3.21. The van der Waals surface area contributed by atoms with Crippen LogP contribution in [0.1, 0.15) is 27.3 Å². The van der Waals surface area contributed by atoms with Crippen molar-refractivity contribution < 1.29 is 4.79 Å². The molecule has 0 aliphatic heterocycles. The van der Waals surface area contributed by atoms with E-state index in [1.807, 2.05) is 30.3 Å². The molecule has 0 aliphatic rings. The molecule has 2 N–H and O–H groups in total. The van der Waals surface area contributed by atoms with Crippen LogP contribution in [0.15, 0.2) is 53.5 Å². The number of pyridine rings is 1. The molecule has 0 fully saturated rings. The molecular formula is C18H15BrN2OS. The van der Waals surface area contributed by atoms with Crippen molar-refractivity contribution in [1.82, 2.24) is 4.98 Å². The Kier molecular flexibility index (Phi) is 4.59. The van der Waals surface area contributed by atoms with Crippen molar-refractivity contribution >= 4 is 49.0 Å². The first-order valence-electron chi connectivity index (χ1n) is 7.19. The molecule has 0 saturated heterocycles. The van der Waals surface area contributed by atoms with E-state index in [1.54, 1.807) is 12.1 Å². The Morgan fingerprint density at radius 2 is 2.00 bits per heavy atom. The minimum atomic E-state index is -0.0642. The van der Waals surface area contributed by atoms with Gasteiger partial charge in [-0.05, 0) is 49.2 Å². The van der Waals surface area contributed by atoms with E-state index in [0.29, 0.717) is 16.1 Å². The van der Waals surface area contributed by atoms with Crippen LogP contribution in [0.4, 0.5) is 5.69 Å². The number of fused-ring (bicyclic) bond motifs is 1. The molecule has 0 spiro atoms. The topological polar surface area (TPSA) is 56.0 Å². The number of carbonyl (C=O) groups is 1. The Hall–Kier alpha value is -1.98. The fourth-order valence-corrected chi connectivity index (χ4v) is 3.66. The third-order valence-electron chi connectivity index (χ3n) is 3.57. The van der Waals surface area contributed by atoms with Gasteiger partial charge in [0.2, 0.25) is 5.78 Å². The molecular weight excluding hydrogens is 372 g/mol. The van der Waals surface area contributed by atoms with Gasteiger partial charge in [-0.25, -0.2) is 4.98 Å². The lowest BCUT2D eigenvalue weighted by molar-refractivity contribution is 0.104. The lowest BCUT2D eigenvalue weighted by Gasteiger charge is -2.00. The second kappa shape index (κ2) is 6.64. The van der Waals surface area contributed by atoms with Crippen molar-refractivity contribution in [1.29, 1.82) is 0 Å². The number of halogens is 1. The van der Waals surface area contributed by atoms with Crippen molar-refractivity contribution in [2.75, 3.05) is 5.73 Å². The number of ketones is 1. The standard InChI is InChI=1S/C18H15BrN2OS/c1-2-3-4-13-9-10-14-15(20)17(23-18(14)21-13)16(22)11-5-7-12(19)8-6-11/h2,5-10H,1,3-4,20H2. The van der Waals surface area contributed by atoms with E-state index in [-0.39, 0.29) is 5.78 Å². The molecule has 0 amide bonds. The van der Waals surface area contributed by atoms with Crippen molar-refractivity contribution in [2.24, 2.45) is 0 Å². The molecule has 0 bridgehead atoms. The molecule has 0 saturated carbocycles. The zero-order valence-corrected chi connectivity index (χ0v) is 14.8. The number of aromatic nitrogens is 1. The van der Waals surface area contributed by atoms with Gasteiger partial charge < -0.3 is 5.73 Å². The molecule has 3 nitrogen and oxygen atoms in total. The largest absolute Gasteiger partial charge is 0.397 e. The second-order valence-electron chi connectivity index (χ2n) is 5.16. The second-order valence-corrected chi connectivity index (χ2v) is 7.08. The van der Waals surface area contributed by atoms with E-state index >= 15 is 0 Å². The average molecular weight is 387 g/mol. The highest BCUT2D eigenvalue weighted by molar-refractivity contribution is 9.10.